The molecule has 0 saturated heterocycles. The van der Waals surface area contributed by atoms with E-state index in [9.17, 15) is 0 Å². The summed E-state index contributed by atoms with van der Waals surface area (Å²) in [6.07, 6.45) is 5.44. The number of aromatic nitrogens is 7. The predicted octanol–water partition coefficient (Wildman–Crippen LogP) is 15.1. The first kappa shape index (κ1) is 40.2. The lowest BCUT2D eigenvalue weighted by Crippen LogP contribution is -2.07. The van der Waals surface area contributed by atoms with Gasteiger partial charge in [-0.15, -0.1) is 0 Å². The van der Waals surface area contributed by atoms with Gasteiger partial charge in [0.15, 0.2) is 11.6 Å². The molecule has 0 spiro atoms. The molecule has 12 aromatic rings. The molecule has 0 saturated carbocycles. The van der Waals surface area contributed by atoms with Crippen LogP contribution in [0.4, 0.5) is 0 Å². The number of hydrogen-bond acceptors (Lipinski definition) is 7. The summed E-state index contributed by atoms with van der Waals surface area (Å²) in [6.45, 7) is 2.23. The molecule has 0 fully saturated rings. The van der Waals surface area contributed by atoms with E-state index in [1.165, 1.54) is 5.56 Å². The van der Waals surface area contributed by atoms with Crippen LogP contribution in [-0.4, -0.2) is 34.5 Å². The van der Waals surface area contributed by atoms with Gasteiger partial charge in [-0.3, -0.25) is 4.57 Å². The molecule has 13 rings (SSSR count). The van der Waals surface area contributed by atoms with E-state index >= 15 is 0 Å². The van der Waals surface area contributed by atoms with Gasteiger partial charge in [-0.1, -0.05) is 171 Å². The van der Waals surface area contributed by atoms with Crippen molar-refractivity contribution in [3.8, 4) is 85.1 Å². The Morgan fingerprint density at radius 2 is 0.855 bits per heavy atom. The third-order valence-electron chi connectivity index (χ3n) is 13.1. The van der Waals surface area contributed by atoms with E-state index in [-0.39, 0.29) is 0 Å². The van der Waals surface area contributed by atoms with Crippen molar-refractivity contribution in [3.63, 3.8) is 0 Å². The highest BCUT2D eigenvalue weighted by Crippen LogP contribution is 2.41. The maximum absolute atomic E-state index is 6.39. The lowest BCUT2D eigenvalue weighted by molar-refractivity contribution is 0.504. The fourth-order valence-electron chi connectivity index (χ4n) is 9.63. The first-order valence-corrected chi connectivity index (χ1v) is 23.2. The zero-order valence-electron chi connectivity index (χ0n) is 37.5. The Balaban J connectivity index is 1.05. The summed E-state index contributed by atoms with van der Waals surface area (Å²) >= 11 is 0. The molecule has 69 heavy (non-hydrogen) atoms. The van der Waals surface area contributed by atoms with E-state index in [4.69, 9.17) is 34.3 Å². The zero-order valence-corrected chi connectivity index (χ0v) is 37.5. The van der Waals surface area contributed by atoms with Crippen molar-refractivity contribution in [3.05, 3.63) is 218 Å². The maximum atomic E-state index is 6.39. The standard InChI is InChI=1S/C61H41N7O/c1-38-17-16-27-46-48-34-44(30-32-57(48)69-58(38)46)43-29-31-56-47(33-43)45-26-14-15-28-55(45)68(56)61-66-53(59-62-49(39-18-6-2-7-19-39)35-50(63-59)40-20-8-3-9-21-40)37-54(67-61)60-64-51(41-22-10-4-11-23-41)36-52(65-60)42-24-12-5-13-25-42/h2-16,18-38H,17H2,1H3. The van der Waals surface area contributed by atoms with Crippen LogP contribution in [0.25, 0.3) is 124 Å². The van der Waals surface area contributed by atoms with Crippen molar-refractivity contribution in [2.24, 2.45) is 0 Å². The lowest BCUT2D eigenvalue weighted by atomic mass is 9.93. The highest BCUT2D eigenvalue weighted by molar-refractivity contribution is 6.10. The molecule has 7 aromatic carbocycles. The minimum Gasteiger partial charge on any atom is -0.460 e. The van der Waals surface area contributed by atoms with Crippen LogP contribution in [0, 0.1) is 0 Å². The molecule has 0 amide bonds. The van der Waals surface area contributed by atoms with Crippen LogP contribution in [0.5, 0.6) is 0 Å². The van der Waals surface area contributed by atoms with E-state index in [1.807, 2.05) is 91.0 Å². The Kier molecular flexibility index (Phi) is 9.68. The molecule has 0 radical (unpaired) electrons. The molecule has 1 aliphatic rings. The first-order valence-electron chi connectivity index (χ1n) is 23.2. The number of rotatable bonds is 8. The summed E-state index contributed by atoms with van der Waals surface area (Å²) in [6, 6.07) is 68.4. The molecule has 1 unspecified atom stereocenters. The van der Waals surface area contributed by atoms with Gasteiger partial charge in [0, 0.05) is 49.9 Å². The van der Waals surface area contributed by atoms with E-state index in [0.29, 0.717) is 34.9 Å². The number of allylic oxidation sites excluding steroid dienone is 1. The molecule has 326 valence electrons. The van der Waals surface area contributed by atoms with Crippen LogP contribution in [-0.2, 0) is 0 Å². The topological polar surface area (TPSA) is 95.4 Å². The van der Waals surface area contributed by atoms with Gasteiger partial charge >= 0.3 is 0 Å². The SMILES string of the molecule is CC1CC=Cc2c1oc1ccc(-c3ccc4c(c3)c3ccccc3n4-c3nc(-c4nc(-c5ccccc5)cc(-c5ccccc5)n4)cc(-c4nc(-c5ccccc5)cc(-c5ccccc5)n4)n3)cc21. The van der Waals surface area contributed by atoms with Crippen LogP contribution in [0.2, 0.25) is 0 Å². The second-order valence-electron chi connectivity index (χ2n) is 17.5. The minimum absolute atomic E-state index is 0.347. The number of nitrogens with zero attached hydrogens (tertiary/aromatic N) is 7. The number of hydrogen-bond donors (Lipinski definition) is 0. The number of benzene rings is 7. The Bertz CT molecular complexity index is 3680. The number of para-hydroxylation sites is 1. The lowest BCUT2D eigenvalue weighted by Gasteiger charge is -2.14. The summed E-state index contributed by atoms with van der Waals surface area (Å²) in [5.74, 6) is 2.75. The molecule has 8 nitrogen and oxygen atoms in total. The van der Waals surface area contributed by atoms with Gasteiger partial charge in [-0.25, -0.2) is 29.9 Å². The second kappa shape index (κ2) is 16.6. The molecule has 8 heteroatoms. The van der Waals surface area contributed by atoms with Gasteiger partial charge in [-0.05, 0) is 66.1 Å². The summed E-state index contributed by atoms with van der Waals surface area (Å²) in [4.78, 5) is 31.8. The highest BCUT2D eigenvalue weighted by atomic mass is 16.3. The van der Waals surface area contributed by atoms with E-state index in [0.717, 1.165) is 101 Å². The molecule has 1 atom stereocenters. The van der Waals surface area contributed by atoms with Gasteiger partial charge < -0.3 is 4.42 Å². The van der Waals surface area contributed by atoms with E-state index in [1.54, 1.807) is 0 Å². The van der Waals surface area contributed by atoms with E-state index in [2.05, 4.69) is 133 Å². The first-order chi connectivity index (χ1) is 34.1. The van der Waals surface area contributed by atoms with Crippen LogP contribution >= 0.6 is 0 Å². The zero-order chi connectivity index (χ0) is 45.8. The van der Waals surface area contributed by atoms with Crippen molar-refractivity contribution >= 4 is 38.9 Å². The van der Waals surface area contributed by atoms with Crippen LogP contribution < -0.4 is 0 Å². The molecule has 5 heterocycles. The smallest absolute Gasteiger partial charge is 0.236 e. The number of fused-ring (bicyclic) bond motifs is 6. The molecule has 0 bridgehead atoms. The molecular formula is C61H41N7O. The molecule has 0 aliphatic heterocycles. The van der Waals surface area contributed by atoms with Gasteiger partial charge in [-0.2, -0.15) is 0 Å². The molecule has 0 N–H and O–H groups in total. The highest BCUT2D eigenvalue weighted by Gasteiger charge is 2.23. The van der Waals surface area contributed by atoms with Crippen LogP contribution in [0.3, 0.4) is 0 Å². The molecular weight excluding hydrogens is 847 g/mol. The van der Waals surface area contributed by atoms with Crippen molar-refractivity contribution in [1.29, 1.82) is 0 Å². The van der Waals surface area contributed by atoms with Crippen LogP contribution in [0.1, 0.15) is 30.6 Å². The third-order valence-corrected chi connectivity index (χ3v) is 13.1. The summed E-state index contributed by atoms with van der Waals surface area (Å²) in [5, 5.41) is 3.28. The maximum Gasteiger partial charge on any atom is 0.236 e. The fourth-order valence-corrected chi connectivity index (χ4v) is 9.63. The quantitative estimate of drug-likeness (QED) is 0.150. The largest absolute Gasteiger partial charge is 0.460 e. The van der Waals surface area contributed by atoms with Crippen LogP contribution in [0.15, 0.2) is 211 Å². The van der Waals surface area contributed by atoms with Crippen molar-refractivity contribution in [2.75, 3.05) is 0 Å². The summed E-state index contributed by atoms with van der Waals surface area (Å²) in [7, 11) is 0. The molecule has 5 aromatic heterocycles. The summed E-state index contributed by atoms with van der Waals surface area (Å²) < 4.78 is 8.53. The third kappa shape index (κ3) is 7.26. The average molecular weight is 888 g/mol. The average Bonchev–Trinajstić information content (AvgIpc) is 3.97. The minimum atomic E-state index is 0.347. The van der Waals surface area contributed by atoms with Crippen molar-refractivity contribution < 1.29 is 4.42 Å². The van der Waals surface area contributed by atoms with Gasteiger partial charge in [0.2, 0.25) is 5.95 Å². The number of furan rings is 1. The van der Waals surface area contributed by atoms with Gasteiger partial charge in [0.25, 0.3) is 0 Å². The Morgan fingerprint density at radius 3 is 1.39 bits per heavy atom. The second-order valence-corrected chi connectivity index (χ2v) is 17.5. The Hall–Kier alpha value is -9.14. The molecule has 1 aliphatic carbocycles. The van der Waals surface area contributed by atoms with Gasteiger partial charge in [0.05, 0.1) is 33.8 Å². The fraction of sp³-hybridized carbons (Fsp3) is 0.0492. The van der Waals surface area contributed by atoms with Crippen molar-refractivity contribution in [2.45, 2.75) is 19.3 Å². The van der Waals surface area contributed by atoms with Gasteiger partial charge in [0.1, 0.15) is 22.7 Å². The van der Waals surface area contributed by atoms with Crippen molar-refractivity contribution in [1.82, 2.24) is 34.5 Å². The predicted molar refractivity (Wildman–Crippen MR) is 277 cm³/mol. The van der Waals surface area contributed by atoms with E-state index < -0.39 is 0 Å². The Labute approximate surface area is 398 Å². The monoisotopic (exact) mass is 887 g/mol. The normalized spacial score (nSPS) is 13.3. The summed E-state index contributed by atoms with van der Waals surface area (Å²) in [5.41, 5.74) is 14.3. The Morgan fingerprint density at radius 1 is 0.406 bits per heavy atom.